The third kappa shape index (κ3) is 3.55. The Kier molecular flexibility index (Phi) is 4.91. The lowest BCUT2D eigenvalue weighted by Crippen LogP contribution is -2.32. The topological polar surface area (TPSA) is 105 Å². The molecular weight excluding hydrogens is 310 g/mol. The second kappa shape index (κ2) is 6.59. The van der Waals surface area contributed by atoms with E-state index in [4.69, 9.17) is 9.63 Å². The van der Waals surface area contributed by atoms with Crippen molar-refractivity contribution < 1.29 is 19.2 Å². The van der Waals surface area contributed by atoms with Crippen LogP contribution in [0.5, 0.6) is 0 Å². The monoisotopic (exact) mass is 333 g/mol. The molecule has 0 aliphatic heterocycles. The van der Waals surface area contributed by atoms with Crippen molar-refractivity contribution in [2.24, 2.45) is 5.41 Å². The predicted octanol–water partition coefficient (Wildman–Crippen LogP) is 2.89. The molecule has 2 aromatic heterocycles. The Labute approximate surface area is 140 Å². The maximum Gasteiger partial charge on any atom is 0.309 e. The zero-order valence-corrected chi connectivity index (χ0v) is 14.6. The van der Waals surface area contributed by atoms with Crippen molar-refractivity contribution >= 4 is 23.0 Å². The van der Waals surface area contributed by atoms with Crippen LogP contribution in [0.2, 0.25) is 0 Å². The number of nitrogens with zero attached hydrogens (tertiary/aromatic N) is 2. The normalized spacial score (nSPS) is 11.9. The van der Waals surface area contributed by atoms with Crippen LogP contribution in [0.4, 0.5) is 0 Å². The molecule has 0 aliphatic rings. The van der Waals surface area contributed by atoms with E-state index in [2.05, 4.69) is 15.5 Å². The number of carbonyl (C=O) groups is 2. The summed E-state index contributed by atoms with van der Waals surface area (Å²) < 4.78 is 5.20. The maximum atomic E-state index is 12.6. The van der Waals surface area contributed by atoms with Gasteiger partial charge >= 0.3 is 5.97 Å². The fourth-order valence-electron chi connectivity index (χ4n) is 2.28. The summed E-state index contributed by atoms with van der Waals surface area (Å²) in [6, 6.07) is 1.74. The van der Waals surface area contributed by atoms with E-state index in [0.29, 0.717) is 28.8 Å². The van der Waals surface area contributed by atoms with Gasteiger partial charge in [0.2, 0.25) is 0 Å². The molecule has 130 valence electrons. The van der Waals surface area contributed by atoms with Gasteiger partial charge in [-0.1, -0.05) is 19.0 Å². The Hall–Kier alpha value is -2.44. The lowest BCUT2D eigenvalue weighted by molar-refractivity contribution is -0.147. The number of carbonyl (C=O) groups excluding carboxylic acids is 1. The minimum Gasteiger partial charge on any atom is -0.481 e. The Bertz CT molecular complexity index is 777. The van der Waals surface area contributed by atoms with E-state index in [0.717, 1.165) is 5.69 Å². The first kappa shape index (κ1) is 17.9. The van der Waals surface area contributed by atoms with Gasteiger partial charge in [0.05, 0.1) is 22.1 Å². The predicted molar refractivity (Wildman–Crippen MR) is 89.0 cm³/mol. The molecule has 7 heteroatoms. The van der Waals surface area contributed by atoms with Crippen molar-refractivity contribution in [1.82, 2.24) is 15.5 Å². The molecule has 0 unspecified atom stereocenters. The van der Waals surface area contributed by atoms with Gasteiger partial charge in [0.1, 0.15) is 0 Å². The van der Waals surface area contributed by atoms with Crippen LogP contribution in [0, 0.1) is 12.3 Å². The molecule has 2 aromatic rings. The standard InChI is InChI=1S/C17H23N3O4/c1-9(2)12-8-11(13-10(3)20-24-15(13)19-12)14(21)18-7-6-17(4,5)16(22)23/h8-9H,6-7H2,1-5H3,(H,18,21)(H,22,23). The molecule has 2 N–H and O–H groups in total. The third-order valence-corrected chi connectivity index (χ3v) is 4.09. The molecule has 0 spiro atoms. The van der Waals surface area contributed by atoms with Crippen LogP contribution in [0.25, 0.3) is 11.1 Å². The molecule has 0 radical (unpaired) electrons. The number of hydrogen-bond donors (Lipinski definition) is 2. The average molecular weight is 333 g/mol. The fraction of sp³-hybridized carbons (Fsp3) is 0.529. The number of amides is 1. The van der Waals surface area contributed by atoms with Gasteiger partial charge in [-0.05, 0) is 39.2 Å². The van der Waals surface area contributed by atoms with Crippen LogP contribution >= 0.6 is 0 Å². The van der Waals surface area contributed by atoms with Gasteiger partial charge in [0.25, 0.3) is 11.6 Å². The highest BCUT2D eigenvalue weighted by molar-refractivity contribution is 6.06. The van der Waals surface area contributed by atoms with Gasteiger partial charge in [-0.3, -0.25) is 9.59 Å². The number of aryl methyl sites for hydroxylation is 1. The summed E-state index contributed by atoms with van der Waals surface area (Å²) in [5, 5.41) is 16.4. The second-order valence-corrected chi connectivity index (χ2v) is 6.89. The summed E-state index contributed by atoms with van der Waals surface area (Å²) in [5.41, 5.74) is 1.25. The molecule has 0 atom stereocenters. The number of nitrogens with one attached hydrogen (secondary N) is 1. The summed E-state index contributed by atoms with van der Waals surface area (Å²) in [6.45, 7) is 9.25. The number of aliphatic carboxylic acids is 1. The quantitative estimate of drug-likeness (QED) is 0.842. The number of carboxylic acids is 1. The SMILES string of the molecule is Cc1noc2nc(C(C)C)cc(C(=O)NCCC(C)(C)C(=O)O)c12. The minimum absolute atomic E-state index is 0.136. The van der Waals surface area contributed by atoms with Crippen LogP contribution in [0.3, 0.4) is 0 Å². The second-order valence-electron chi connectivity index (χ2n) is 6.89. The summed E-state index contributed by atoms with van der Waals surface area (Å²) in [5.74, 6) is -1.03. The molecule has 0 aliphatic carbocycles. The van der Waals surface area contributed by atoms with Gasteiger partial charge < -0.3 is 14.9 Å². The number of rotatable bonds is 6. The zero-order valence-electron chi connectivity index (χ0n) is 14.6. The smallest absolute Gasteiger partial charge is 0.309 e. The first-order valence-corrected chi connectivity index (χ1v) is 7.92. The van der Waals surface area contributed by atoms with Gasteiger partial charge in [-0.25, -0.2) is 4.98 Å². The molecule has 2 heterocycles. The third-order valence-electron chi connectivity index (χ3n) is 4.09. The van der Waals surface area contributed by atoms with Gasteiger partial charge in [0, 0.05) is 12.2 Å². The molecule has 0 aromatic carbocycles. The van der Waals surface area contributed by atoms with Gasteiger partial charge in [0.15, 0.2) is 0 Å². The molecule has 2 rings (SSSR count). The summed E-state index contributed by atoms with van der Waals surface area (Å²) >= 11 is 0. The van der Waals surface area contributed by atoms with Crippen molar-refractivity contribution in [2.45, 2.75) is 47.0 Å². The van der Waals surface area contributed by atoms with Crippen LogP contribution in [0.1, 0.15) is 61.8 Å². The minimum atomic E-state index is -0.892. The highest BCUT2D eigenvalue weighted by atomic mass is 16.5. The highest BCUT2D eigenvalue weighted by Gasteiger charge is 2.27. The molecule has 24 heavy (non-hydrogen) atoms. The Morgan fingerprint density at radius 3 is 2.62 bits per heavy atom. The molecule has 7 nitrogen and oxygen atoms in total. The summed E-state index contributed by atoms with van der Waals surface area (Å²) in [7, 11) is 0. The molecule has 0 bridgehead atoms. The van der Waals surface area contributed by atoms with E-state index in [1.54, 1.807) is 26.8 Å². The average Bonchev–Trinajstić information content (AvgIpc) is 2.87. The van der Waals surface area contributed by atoms with Crippen LogP contribution < -0.4 is 5.32 Å². The van der Waals surface area contributed by atoms with Crippen molar-refractivity contribution in [3.8, 4) is 0 Å². The van der Waals surface area contributed by atoms with Crippen molar-refractivity contribution in [2.75, 3.05) is 6.54 Å². The van der Waals surface area contributed by atoms with E-state index >= 15 is 0 Å². The van der Waals surface area contributed by atoms with Crippen LogP contribution in [-0.2, 0) is 4.79 Å². The van der Waals surface area contributed by atoms with Crippen LogP contribution in [0.15, 0.2) is 10.6 Å². The Balaban J connectivity index is 2.25. The Morgan fingerprint density at radius 1 is 1.38 bits per heavy atom. The molecule has 0 saturated carbocycles. The number of fused-ring (bicyclic) bond motifs is 1. The number of carboxylic acid groups (broad SMARTS) is 1. The van der Waals surface area contributed by atoms with Crippen molar-refractivity contribution in [1.29, 1.82) is 0 Å². The lowest BCUT2D eigenvalue weighted by Gasteiger charge is -2.19. The maximum absolute atomic E-state index is 12.6. The van der Waals surface area contributed by atoms with Gasteiger partial charge in [-0.15, -0.1) is 0 Å². The van der Waals surface area contributed by atoms with E-state index in [9.17, 15) is 9.59 Å². The van der Waals surface area contributed by atoms with Gasteiger partial charge in [-0.2, -0.15) is 0 Å². The number of pyridine rings is 1. The van der Waals surface area contributed by atoms with Crippen molar-refractivity contribution in [3.63, 3.8) is 0 Å². The summed E-state index contributed by atoms with van der Waals surface area (Å²) in [4.78, 5) is 28.1. The fourth-order valence-corrected chi connectivity index (χ4v) is 2.28. The van der Waals surface area contributed by atoms with E-state index in [-0.39, 0.29) is 18.4 Å². The van der Waals surface area contributed by atoms with Crippen LogP contribution in [-0.4, -0.2) is 33.7 Å². The largest absolute Gasteiger partial charge is 0.481 e. The first-order valence-electron chi connectivity index (χ1n) is 7.92. The molecular formula is C17H23N3O4. The number of aromatic nitrogens is 2. The zero-order chi connectivity index (χ0) is 18.1. The number of hydrogen-bond acceptors (Lipinski definition) is 5. The van der Waals surface area contributed by atoms with E-state index < -0.39 is 11.4 Å². The molecule has 0 saturated heterocycles. The van der Waals surface area contributed by atoms with Crippen molar-refractivity contribution in [3.05, 3.63) is 23.0 Å². The molecule has 1 amide bonds. The summed E-state index contributed by atoms with van der Waals surface area (Å²) in [6.07, 6.45) is 0.335. The Morgan fingerprint density at radius 2 is 2.04 bits per heavy atom. The highest BCUT2D eigenvalue weighted by Crippen LogP contribution is 2.25. The molecule has 0 fully saturated rings. The first-order chi connectivity index (χ1) is 11.1. The van der Waals surface area contributed by atoms with E-state index in [1.807, 2.05) is 13.8 Å². The lowest BCUT2D eigenvalue weighted by atomic mass is 9.89. The van der Waals surface area contributed by atoms with E-state index in [1.165, 1.54) is 0 Å².